The van der Waals surface area contributed by atoms with Gasteiger partial charge in [0, 0.05) is 13.1 Å². The van der Waals surface area contributed by atoms with Gasteiger partial charge in [-0.25, -0.2) is 0 Å². The molecule has 0 radical (unpaired) electrons. The van der Waals surface area contributed by atoms with Crippen molar-refractivity contribution in [3.8, 4) is 0 Å². The van der Waals surface area contributed by atoms with Gasteiger partial charge in [-0.15, -0.1) is 0 Å². The number of hydrogen-bond acceptors (Lipinski definition) is 1. The molecule has 2 nitrogen and oxygen atoms in total. The van der Waals surface area contributed by atoms with Crippen LogP contribution >= 0.6 is 15.9 Å². The molecule has 18 heavy (non-hydrogen) atoms. The van der Waals surface area contributed by atoms with Crippen LogP contribution in [0.25, 0.3) is 0 Å². The third-order valence-corrected chi connectivity index (χ3v) is 4.48. The molecule has 100 valence electrons. The van der Waals surface area contributed by atoms with Crippen molar-refractivity contribution >= 4 is 21.8 Å². The molecule has 1 aromatic rings. The van der Waals surface area contributed by atoms with Crippen LogP contribution in [0.1, 0.15) is 26.3 Å². The number of amides is 1. The Morgan fingerprint density at radius 1 is 1.28 bits per heavy atom. The quantitative estimate of drug-likeness (QED) is 0.736. The Balaban J connectivity index is 2.54. The van der Waals surface area contributed by atoms with Crippen molar-refractivity contribution in [1.82, 2.24) is 4.90 Å². The third kappa shape index (κ3) is 4.45. The van der Waals surface area contributed by atoms with E-state index < -0.39 is 0 Å². The van der Waals surface area contributed by atoms with Crippen molar-refractivity contribution in [3.63, 3.8) is 0 Å². The van der Waals surface area contributed by atoms with Gasteiger partial charge in [0.15, 0.2) is 0 Å². The molecule has 0 aliphatic rings. The second-order valence-corrected chi connectivity index (χ2v) is 5.79. The SMILES string of the molecule is CCN(CCc1ccccc1)C(=O)C(Br)C(C)C. The first-order chi connectivity index (χ1) is 8.56. The lowest BCUT2D eigenvalue weighted by Crippen LogP contribution is -2.39. The van der Waals surface area contributed by atoms with Gasteiger partial charge in [-0.3, -0.25) is 4.79 Å². The fraction of sp³-hybridized carbons (Fsp3) is 0.533. The molecule has 0 saturated carbocycles. The number of carbonyl (C=O) groups is 1. The smallest absolute Gasteiger partial charge is 0.236 e. The number of benzene rings is 1. The van der Waals surface area contributed by atoms with Gasteiger partial charge >= 0.3 is 0 Å². The highest BCUT2D eigenvalue weighted by Crippen LogP contribution is 2.15. The molecule has 0 bridgehead atoms. The van der Waals surface area contributed by atoms with Crippen molar-refractivity contribution in [1.29, 1.82) is 0 Å². The van der Waals surface area contributed by atoms with Crippen molar-refractivity contribution in [3.05, 3.63) is 35.9 Å². The molecule has 0 heterocycles. The van der Waals surface area contributed by atoms with Crippen LogP contribution in [0, 0.1) is 5.92 Å². The Bertz CT molecular complexity index is 364. The van der Waals surface area contributed by atoms with Gasteiger partial charge in [-0.1, -0.05) is 60.1 Å². The van der Waals surface area contributed by atoms with Crippen LogP contribution in [-0.2, 0) is 11.2 Å². The highest BCUT2D eigenvalue weighted by atomic mass is 79.9. The summed E-state index contributed by atoms with van der Waals surface area (Å²) in [4.78, 5) is 14.1. The van der Waals surface area contributed by atoms with Gasteiger partial charge in [0.05, 0.1) is 4.83 Å². The standard InChI is InChI=1S/C15H22BrNO/c1-4-17(15(18)14(16)12(2)3)11-10-13-8-6-5-7-9-13/h5-9,12,14H,4,10-11H2,1-3H3. The van der Waals surface area contributed by atoms with E-state index >= 15 is 0 Å². The van der Waals surface area contributed by atoms with E-state index in [0.717, 1.165) is 19.5 Å². The lowest BCUT2D eigenvalue weighted by molar-refractivity contribution is -0.130. The molecule has 0 N–H and O–H groups in total. The van der Waals surface area contributed by atoms with Gasteiger partial charge < -0.3 is 4.90 Å². The maximum atomic E-state index is 12.2. The largest absolute Gasteiger partial charge is 0.342 e. The number of likely N-dealkylation sites (N-methyl/N-ethyl adjacent to an activating group) is 1. The van der Waals surface area contributed by atoms with Crippen molar-refractivity contribution in [2.45, 2.75) is 32.0 Å². The predicted molar refractivity (Wildman–Crippen MR) is 80.0 cm³/mol. The second-order valence-electron chi connectivity index (χ2n) is 4.80. The summed E-state index contributed by atoms with van der Waals surface area (Å²) in [6.45, 7) is 7.70. The first-order valence-electron chi connectivity index (χ1n) is 6.53. The Labute approximate surface area is 119 Å². The summed E-state index contributed by atoms with van der Waals surface area (Å²) < 4.78 is 0. The van der Waals surface area contributed by atoms with Crippen LogP contribution in [-0.4, -0.2) is 28.7 Å². The normalized spacial score (nSPS) is 12.5. The molecule has 0 aliphatic heterocycles. The lowest BCUT2D eigenvalue weighted by atomic mass is 10.1. The molecule has 1 atom stereocenters. The highest BCUT2D eigenvalue weighted by molar-refractivity contribution is 9.10. The molecule has 1 rings (SSSR count). The van der Waals surface area contributed by atoms with Crippen molar-refractivity contribution in [2.75, 3.05) is 13.1 Å². The van der Waals surface area contributed by atoms with Crippen LogP contribution in [0.3, 0.4) is 0 Å². The zero-order valence-corrected chi connectivity index (χ0v) is 13.0. The third-order valence-electron chi connectivity index (χ3n) is 3.03. The zero-order chi connectivity index (χ0) is 13.5. The van der Waals surface area contributed by atoms with E-state index in [2.05, 4.69) is 41.9 Å². The summed E-state index contributed by atoms with van der Waals surface area (Å²) >= 11 is 3.48. The predicted octanol–water partition coefficient (Wildman–Crippen LogP) is 3.50. The number of rotatable bonds is 6. The number of alkyl halides is 1. The number of carbonyl (C=O) groups excluding carboxylic acids is 1. The molecule has 3 heteroatoms. The fourth-order valence-electron chi connectivity index (χ4n) is 1.79. The maximum Gasteiger partial charge on any atom is 0.236 e. The summed E-state index contributed by atoms with van der Waals surface area (Å²) in [5, 5.41) is 0. The maximum absolute atomic E-state index is 12.2. The van der Waals surface area contributed by atoms with Crippen LogP contribution in [0.4, 0.5) is 0 Å². The van der Waals surface area contributed by atoms with Gasteiger partial charge in [0.25, 0.3) is 0 Å². The van der Waals surface area contributed by atoms with E-state index in [0.29, 0.717) is 5.92 Å². The second kappa shape index (κ2) is 7.57. The van der Waals surface area contributed by atoms with E-state index in [1.807, 2.05) is 30.0 Å². The van der Waals surface area contributed by atoms with Crippen LogP contribution in [0.2, 0.25) is 0 Å². The van der Waals surface area contributed by atoms with E-state index in [9.17, 15) is 4.79 Å². The molecule has 1 unspecified atom stereocenters. The topological polar surface area (TPSA) is 20.3 Å². The monoisotopic (exact) mass is 311 g/mol. The van der Waals surface area contributed by atoms with Gasteiger partial charge in [-0.05, 0) is 24.8 Å². The average molecular weight is 312 g/mol. The van der Waals surface area contributed by atoms with Gasteiger partial charge in [-0.2, -0.15) is 0 Å². The minimum atomic E-state index is -0.0757. The Kier molecular flexibility index (Phi) is 6.41. The molecule has 1 amide bonds. The number of nitrogens with zero attached hydrogens (tertiary/aromatic N) is 1. The summed E-state index contributed by atoms with van der Waals surface area (Å²) in [7, 11) is 0. The molecule has 0 fully saturated rings. The van der Waals surface area contributed by atoms with Crippen molar-refractivity contribution in [2.24, 2.45) is 5.92 Å². The first-order valence-corrected chi connectivity index (χ1v) is 7.44. The minimum Gasteiger partial charge on any atom is -0.342 e. The van der Waals surface area contributed by atoms with Crippen LogP contribution in [0.5, 0.6) is 0 Å². The molecule has 0 spiro atoms. The van der Waals surface area contributed by atoms with E-state index in [1.54, 1.807) is 0 Å². The first kappa shape index (κ1) is 15.2. The molecular weight excluding hydrogens is 290 g/mol. The summed E-state index contributed by atoms with van der Waals surface area (Å²) in [6, 6.07) is 10.3. The summed E-state index contributed by atoms with van der Waals surface area (Å²) in [5.74, 6) is 0.520. The Morgan fingerprint density at radius 3 is 2.39 bits per heavy atom. The fourth-order valence-corrected chi connectivity index (χ4v) is 2.08. The van der Waals surface area contributed by atoms with E-state index in [-0.39, 0.29) is 10.7 Å². The molecule has 0 saturated heterocycles. The minimum absolute atomic E-state index is 0.0757. The zero-order valence-electron chi connectivity index (χ0n) is 11.4. The Morgan fingerprint density at radius 2 is 1.89 bits per heavy atom. The molecule has 0 aliphatic carbocycles. The molecular formula is C15H22BrNO. The number of halogens is 1. The Hall–Kier alpha value is -0.830. The number of hydrogen-bond donors (Lipinski definition) is 0. The van der Waals surface area contributed by atoms with E-state index in [1.165, 1.54) is 5.56 Å². The molecule has 1 aromatic carbocycles. The molecule has 0 aromatic heterocycles. The lowest BCUT2D eigenvalue weighted by Gasteiger charge is -2.25. The summed E-state index contributed by atoms with van der Waals surface area (Å²) in [5.41, 5.74) is 1.28. The van der Waals surface area contributed by atoms with Crippen LogP contribution < -0.4 is 0 Å². The van der Waals surface area contributed by atoms with Crippen molar-refractivity contribution < 1.29 is 4.79 Å². The highest BCUT2D eigenvalue weighted by Gasteiger charge is 2.23. The van der Waals surface area contributed by atoms with Gasteiger partial charge in [0.2, 0.25) is 5.91 Å². The average Bonchev–Trinajstić information content (AvgIpc) is 2.39. The van der Waals surface area contributed by atoms with Gasteiger partial charge in [0.1, 0.15) is 0 Å². The summed E-state index contributed by atoms with van der Waals surface area (Å²) in [6.07, 6.45) is 0.915. The van der Waals surface area contributed by atoms with E-state index in [4.69, 9.17) is 0 Å². The van der Waals surface area contributed by atoms with Crippen LogP contribution in [0.15, 0.2) is 30.3 Å².